The minimum Gasteiger partial charge on any atom is -0.465 e. The van der Waals surface area contributed by atoms with Crippen LogP contribution in [0.15, 0.2) is 88.9 Å². The molecule has 186 valence electrons. The number of para-hydroxylation sites is 1. The van der Waals surface area contributed by atoms with Crippen molar-refractivity contribution in [3.8, 4) is 0 Å². The van der Waals surface area contributed by atoms with Gasteiger partial charge >= 0.3 is 5.97 Å². The van der Waals surface area contributed by atoms with Gasteiger partial charge in [-0.15, -0.1) is 0 Å². The number of carbonyl (C=O) groups excluding carboxylic acids is 2. The third-order valence-corrected chi connectivity index (χ3v) is 7.33. The molecule has 0 radical (unpaired) electrons. The smallest absolute Gasteiger partial charge is 0.337 e. The van der Waals surface area contributed by atoms with E-state index in [1.165, 1.54) is 18.9 Å². The number of hydrogen-bond acceptors (Lipinski definition) is 5. The molecular formula is C29H24ClN3O3S. The molecule has 1 amide bonds. The maximum absolute atomic E-state index is 13.3. The first kappa shape index (κ1) is 24.9. The summed E-state index contributed by atoms with van der Waals surface area (Å²) in [5.74, 6) is -0.523. The fraction of sp³-hybridized carbons (Fsp3) is 0.138. The summed E-state index contributed by atoms with van der Waals surface area (Å²) in [5.41, 5.74) is 4.17. The number of halogens is 1. The van der Waals surface area contributed by atoms with Crippen LogP contribution in [0.1, 0.15) is 28.4 Å². The molecule has 1 aliphatic rings. The summed E-state index contributed by atoms with van der Waals surface area (Å²) in [7, 11) is 1.34. The number of carbonyl (C=O) groups is 2. The van der Waals surface area contributed by atoms with Gasteiger partial charge in [0.25, 0.3) is 5.91 Å². The zero-order valence-electron chi connectivity index (χ0n) is 20.3. The molecule has 0 N–H and O–H groups in total. The second kappa shape index (κ2) is 10.7. The van der Waals surface area contributed by atoms with E-state index < -0.39 is 5.97 Å². The monoisotopic (exact) mass is 529 g/mol. The van der Waals surface area contributed by atoms with Crippen LogP contribution < -0.4 is 0 Å². The molecule has 0 unspecified atom stereocenters. The molecule has 5 rings (SSSR count). The number of esters is 1. The van der Waals surface area contributed by atoms with Crippen LogP contribution in [0.2, 0.25) is 5.02 Å². The maximum atomic E-state index is 13.3. The Morgan fingerprint density at radius 3 is 2.62 bits per heavy atom. The van der Waals surface area contributed by atoms with Crippen LogP contribution in [0.3, 0.4) is 0 Å². The van der Waals surface area contributed by atoms with Gasteiger partial charge in [0.2, 0.25) is 0 Å². The number of amidine groups is 1. The lowest BCUT2D eigenvalue weighted by atomic mass is 10.1. The van der Waals surface area contributed by atoms with Gasteiger partial charge in [-0.05, 0) is 66.7 Å². The third-order valence-electron chi connectivity index (χ3n) is 6.07. The highest BCUT2D eigenvalue weighted by atomic mass is 35.5. The zero-order valence-corrected chi connectivity index (χ0v) is 21.9. The van der Waals surface area contributed by atoms with Gasteiger partial charge in [-0.2, -0.15) is 0 Å². The quantitative estimate of drug-likeness (QED) is 0.205. The molecule has 1 fully saturated rings. The van der Waals surface area contributed by atoms with Crippen LogP contribution in [0.4, 0.5) is 5.69 Å². The number of likely N-dealkylation sites (N-methyl/N-ethyl adjacent to an activating group) is 1. The number of ether oxygens (including phenoxy) is 1. The Balaban J connectivity index is 1.49. The van der Waals surface area contributed by atoms with Gasteiger partial charge in [0.05, 0.1) is 23.3 Å². The van der Waals surface area contributed by atoms with Crippen LogP contribution in [-0.4, -0.2) is 40.2 Å². The van der Waals surface area contributed by atoms with E-state index in [1.807, 2.05) is 49.4 Å². The standard InChI is InChI=1S/C29H24ClN3O3S/c1-3-33-27(34)26(37-29(33)31-23-8-6-7-20(15-23)28(35)36-2)16-21-18-32(25-10-5-4-9-24(21)25)17-19-11-13-22(30)14-12-19/h4-16,18H,3,17H2,1-2H3. The first-order valence-corrected chi connectivity index (χ1v) is 13.0. The minimum absolute atomic E-state index is 0.0927. The van der Waals surface area contributed by atoms with Crippen molar-refractivity contribution in [1.29, 1.82) is 0 Å². The SMILES string of the molecule is CCN1C(=O)C(=Cc2cn(Cc3ccc(Cl)cc3)c3ccccc23)SC1=Nc1cccc(C(=O)OC)c1. The van der Waals surface area contributed by atoms with Crippen molar-refractivity contribution in [3.63, 3.8) is 0 Å². The summed E-state index contributed by atoms with van der Waals surface area (Å²) < 4.78 is 6.99. The van der Waals surface area contributed by atoms with Crippen LogP contribution in [0, 0.1) is 0 Å². The van der Waals surface area contributed by atoms with E-state index in [1.54, 1.807) is 29.2 Å². The summed E-state index contributed by atoms with van der Waals surface area (Å²) in [4.78, 5) is 32.1. The zero-order chi connectivity index (χ0) is 25.9. The summed E-state index contributed by atoms with van der Waals surface area (Å²) >= 11 is 7.39. The number of benzene rings is 3. The van der Waals surface area contributed by atoms with Crippen molar-refractivity contribution in [3.05, 3.63) is 106 Å². The van der Waals surface area contributed by atoms with Crippen LogP contribution in [-0.2, 0) is 16.1 Å². The molecule has 0 atom stereocenters. The number of amides is 1. The fourth-order valence-corrected chi connectivity index (χ4v) is 5.43. The number of methoxy groups -OCH3 is 1. The summed E-state index contributed by atoms with van der Waals surface area (Å²) in [5, 5.41) is 2.35. The highest BCUT2D eigenvalue weighted by Gasteiger charge is 2.32. The molecule has 0 saturated carbocycles. The molecule has 0 bridgehead atoms. The largest absolute Gasteiger partial charge is 0.465 e. The van der Waals surface area contributed by atoms with Gasteiger partial charge in [-0.25, -0.2) is 9.79 Å². The van der Waals surface area contributed by atoms with Crippen LogP contribution in [0.25, 0.3) is 17.0 Å². The Morgan fingerprint density at radius 1 is 1.08 bits per heavy atom. The second-order valence-electron chi connectivity index (χ2n) is 8.45. The number of thioether (sulfide) groups is 1. The number of fused-ring (bicyclic) bond motifs is 1. The Morgan fingerprint density at radius 2 is 1.86 bits per heavy atom. The normalized spacial score (nSPS) is 15.8. The molecule has 1 saturated heterocycles. The van der Waals surface area contributed by atoms with Crippen molar-refractivity contribution in [1.82, 2.24) is 9.47 Å². The number of nitrogens with zero attached hydrogens (tertiary/aromatic N) is 3. The van der Waals surface area contributed by atoms with Crippen molar-refractivity contribution < 1.29 is 14.3 Å². The lowest BCUT2D eigenvalue weighted by Crippen LogP contribution is -2.28. The van der Waals surface area contributed by atoms with Crippen molar-refractivity contribution in [2.45, 2.75) is 13.5 Å². The maximum Gasteiger partial charge on any atom is 0.337 e. The van der Waals surface area contributed by atoms with Gasteiger partial charge < -0.3 is 9.30 Å². The number of aliphatic imine (C=N–C) groups is 1. The van der Waals surface area contributed by atoms with E-state index in [2.05, 4.69) is 27.9 Å². The molecule has 6 nitrogen and oxygen atoms in total. The van der Waals surface area contributed by atoms with Gasteiger partial charge in [-0.1, -0.05) is 48.0 Å². The van der Waals surface area contributed by atoms with E-state index in [4.69, 9.17) is 16.3 Å². The van der Waals surface area contributed by atoms with Gasteiger partial charge in [-0.3, -0.25) is 9.69 Å². The second-order valence-corrected chi connectivity index (χ2v) is 9.90. The van der Waals surface area contributed by atoms with E-state index in [0.717, 1.165) is 22.0 Å². The molecular weight excluding hydrogens is 506 g/mol. The molecule has 0 aliphatic carbocycles. The molecule has 4 aromatic rings. The van der Waals surface area contributed by atoms with Gasteiger partial charge in [0.15, 0.2) is 5.17 Å². The van der Waals surface area contributed by atoms with E-state index in [9.17, 15) is 9.59 Å². The summed E-state index contributed by atoms with van der Waals surface area (Å²) in [6.07, 6.45) is 4.01. The lowest BCUT2D eigenvalue weighted by molar-refractivity contribution is -0.122. The molecule has 3 aromatic carbocycles. The number of hydrogen-bond donors (Lipinski definition) is 0. The molecule has 1 aliphatic heterocycles. The Hall–Kier alpha value is -3.81. The van der Waals surface area contributed by atoms with E-state index in [0.29, 0.717) is 39.4 Å². The third kappa shape index (κ3) is 5.19. The van der Waals surface area contributed by atoms with Crippen LogP contribution >= 0.6 is 23.4 Å². The van der Waals surface area contributed by atoms with E-state index in [-0.39, 0.29) is 5.91 Å². The molecule has 8 heteroatoms. The molecule has 0 spiro atoms. The van der Waals surface area contributed by atoms with Crippen molar-refractivity contribution in [2.75, 3.05) is 13.7 Å². The Kier molecular flexibility index (Phi) is 7.17. The Labute approximate surface area is 224 Å². The predicted octanol–water partition coefficient (Wildman–Crippen LogP) is 6.75. The molecule has 2 heterocycles. The van der Waals surface area contributed by atoms with Crippen LogP contribution in [0.5, 0.6) is 0 Å². The number of aromatic nitrogens is 1. The highest BCUT2D eigenvalue weighted by Crippen LogP contribution is 2.36. The summed E-state index contributed by atoms with van der Waals surface area (Å²) in [6, 6.07) is 22.8. The van der Waals surface area contributed by atoms with Crippen molar-refractivity contribution in [2.24, 2.45) is 4.99 Å². The summed E-state index contributed by atoms with van der Waals surface area (Å²) in [6.45, 7) is 3.09. The van der Waals surface area contributed by atoms with E-state index >= 15 is 0 Å². The van der Waals surface area contributed by atoms with Gasteiger partial charge in [0, 0.05) is 40.8 Å². The average Bonchev–Trinajstić information content (AvgIpc) is 3.41. The highest BCUT2D eigenvalue weighted by molar-refractivity contribution is 8.18. The first-order chi connectivity index (χ1) is 18.0. The topological polar surface area (TPSA) is 63.9 Å². The molecule has 37 heavy (non-hydrogen) atoms. The molecule has 1 aromatic heterocycles. The fourth-order valence-electron chi connectivity index (χ4n) is 4.25. The lowest BCUT2D eigenvalue weighted by Gasteiger charge is -2.12. The first-order valence-electron chi connectivity index (χ1n) is 11.8. The number of rotatable bonds is 6. The minimum atomic E-state index is -0.430. The van der Waals surface area contributed by atoms with Gasteiger partial charge in [0.1, 0.15) is 0 Å². The predicted molar refractivity (Wildman–Crippen MR) is 150 cm³/mol. The Bertz CT molecular complexity index is 1560. The average molecular weight is 530 g/mol. The van der Waals surface area contributed by atoms with Crippen molar-refractivity contribution >= 4 is 63.1 Å².